The van der Waals surface area contributed by atoms with E-state index < -0.39 is 20.5 Å². The van der Waals surface area contributed by atoms with Gasteiger partial charge in [-0.2, -0.15) is 0 Å². The van der Waals surface area contributed by atoms with Crippen LogP contribution in [0.2, 0.25) is 0 Å². The monoisotopic (exact) mass is 307 g/mol. The number of hydrogen-bond donors (Lipinski definition) is 2. The molecule has 3 N–H and O–H groups in total. The standard InChI is InChI=1S/C10H17N3O4S2/c1-4-5-10(2,3)12-19(16,17)8-6-7(13(14)15)9(11)18-8/h6,12H,4-5,11H2,1-3H3. The maximum atomic E-state index is 12.1. The average molecular weight is 307 g/mol. The van der Waals surface area contributed by atoms with Gasteiger partial charge in [-0.1, -0.05) is 24.7 Å². The lowest BCUT2D eigenvalue weighted by atomic mass is 10.0. The lowest BCUT2D eigenvalue weighted by Crippen LogP contribution is -2.42. The largest absolute Gasteiger partial charge is 0.385 e. The van der Waals surface area contributed by atoms with E-state index in [0.717, 1.165) is 12.5 Å². The van der Waals surface area contributed by atoms with Gasteiger partial charge in [0.2, 0.25) is 0 Å². The number of anilines is 1. The first-order chi connectivity index (χ1) is 8.59. The van der Waals surface area contributed by atoms with Crippen LogP contribution in [-0.4, -0.2) is 18.9 Å². The van der Waals surface area contributed by atoms with E-state index in [1.165, 1.54) is 0 Å². The second kappa shape index (κ2) is 5.43. The van der Waals surface area contributed by atoms with Crippen LogP contribution >= 0.6 is 11.3 Å². The first kappa shape index (κ1) is 15.9. The second-order valence-corrected chi connectivity index (χ2v) is 7.80. The molecule has 7 nitrogen and oxygen atoms in total. The van der Waals surface area contributed by atoms with Gasteiger partial charge < -0.3 is 5.73 Å². The zero-order valence-electron chi connectivity index (χ0n) is 11.0. The molecule has 1 rings (SSSR count). The predicted octanol–water partition coefficient (Wildman–Crippen LogP) is 2.10. The average Bonchev–Trinajstić information content (AvgIpc) is 2.58. The van der Waals surface area contributed by atoms with Gasteiger partial charge in [0.05, 0.1) is 4.92 Å². The Morgan fingerprint density at radius 1 is 1.53 bits per heavy atom. The molecule has 0 amide bonds. The molecule has 9 heteroatoms. The van der Waals surface area contributed by atoms with Crippen LogP contribution in [0.1, 0.15) is 33.6 Å². The molecular formula is C10H17N3O4S2. The molecule has 0 fully saturated rings. The number of thiophene rings is 1. The molecule has 1 aromatic rings. The molecule has 0 aromatic carbocycles. The minimum atomic E-state index is -3.79. The van der Waals surface area contributed by atoms with E-state index in [1.54, 1.807) is 13.8 Å². The van der Waals surface area contributed by atoms with Crippen molar-refractivity contribution in [3.8, 4) is 0 Å². The fourth-order valence-electron chi connectivity index (χ4n) is 1.74. The Hall–Kier alpha value is -1.19. The highest BCUT2D eigenvalue weighted by molar-refractivity contribution is 7.91. The van der Waals surface area contributed by atoms with E-state index in [0.29, 0.717) is 17.8 Å². The molecule has 1 heterocycles. The van der Waals surface area contributed by atoms with Crippen molar-refractivity contribution in [1.82, 2.24) is 4.72 Å². The Bertz CT molecular complexity index is 578. The van der Waals surface area contributed by atoms with Crippen molar-refractivity contribution in [3.63, 3.8) is 0 Å². The zero-order valence-corrected chi connectivity index (χ0v) is 12.6. The van der Waals surface area contributed by atoms with Crippen molar-refractivity contribution in [2.24, 2.45) is 0 Å². The Balaban J connectivity index is 3.08. The molecule has 108 valence electrons. The van der Waals surface area contributed by atoms with Gasteiger partial charge >= 0.3 is 5.69 Å². The number of nitrogen functional groups attached to an aromatic ring is 1. The topological polar surface area (TPSA) is 115 Å². The van der Waals surface area contributed by atoms with E-state index in [9.17, 15) is 18.5 Å². The van der Waals surface area contributed by atoms with Crippen LogP contribution < -0.4 is 10.5 Å². The number of rotatable bonds is 6. The third-order valence-electron chi connectivity index (χ3n) is 2.46. The molecule has 0 saturated carbocycles. The van der Waals surface area contributed by atoms with Gasteiger partial charge in [-0.05, 0) is 20.3 Å². The van der Waals surface area contributed by atoms with Gasteiger partial charge in [-0.3, -0.25) is 10.1 Å². The smallest absolute Gasteiger partial charge is 0.304 e. The van der Waals surface area contributed by atoms with Crippen LogP contribution in [0.15, 0.2) is 10.3 Å². The Morgan fingerprint density at radius 3 is 2.53 bits per heavy atom. The van der Waals surface area contributed by atoms with Crippen molar-refractivity contribution in [2.45, 2.75) is 43.4 Å². The van der Waals surface area contributed by atoms with Crippen LogP contribution in [-0.2, 0) is 10.0 Å². The van der Waals surface area contributed by atoms with Crippen LogP contribution in [0.3, 0.4) is 0 Å². The minimum absolute atomic E-state index is 0.112. The highest BCUT2D eigenvalue weighted by Gasteiger charge is 2.29. The van der Waals surface area contributed by atoms with Crippen molar-refractivity contribution in [3.05, 3.63) is 16.2 Å². The summed E-state index contributed by atoms with van der Waals surface area (Å²) in [5, 5.41) is 10.6. The van der Waals surface area contributed by atoms with Crippen LogP contribution in [0, 0.1) is 10.1 Å². The lowest BCUT2D eigenvalue weighted by Gasteiger charge is -2.24. The highest BCUT2D eigenvalue weighted by Crippen LogP contribution is 2.34. The van der Waals surface area contributed by atoms with Crippen molar-refractivity contribution in [2.75, 3.05) is 5.73 Å². The SMILES string of the molecule is CCCC(C)(C)NS(=O)(=O)c1cc([N+](=O)[O-])c(N)s1. The van der Waals surface area contributed by atoms with Crippen LogP contribution in [0.5, 0.6) is 0 Å². The number of nitrogens with zero attached hydrogens (tertiary/aromatic N) is 1. The van der Waals surface area contributed by atoms with E-state index >= 15 is 0 Å². The highest BCUT2D eigenvalue weighted by atomic mass is 32.2. The second-order valence-electron chi connectivity index (χ2n) is 4.81. The summed E-state index contributed by atoms with van der Waals surface area (Å²) < 4.78 is 26.7. The van der Waals surface area contributed by atoms with Gasteiger partial charge in [0.25, 0.3) is 10.0 Å². The summed E-state index contributed by atoms with van der Waals surface area (Å²) >= 11 is 0.694. The van der Waals surface area contributed by atoms with Crippen molar-refractivity contribution in [1.29, 1.82) is 0 Å². The summed E-state index contributed by atoms with van der Waals surface area (Å²) in [5.74, 6) is 0. The van der Waals surface area contributed by atoms with Gasteiger partial charge in [0, 0.05) is 11.6 Å². The Labute approximate surface area is 116 Å². The molecule has 0 radical (unpaired) electrons. The Morgan fingerprint density at radius 2 is 2.11 bits per heavy atom. The third-order valence-corrected chi connectivity index (χ3v) is 5.59. The first-order valence-electron chi connectivity index (χ1n) is 5.67. The summed E-state index contributed by atoms with van der Waals surface area (Å²) in [5.41, 5.74) is 4.46. The Kier molecular flexibility index (Phi) is 4.54. The van der Waals surface area contributed by atoms with E-state index in [2.05, 4.69) is 4.72 Å². The summed E-state index contributed by atoms with van der Waals surface area (Å²) in [6.07, 6.45) is 1.48. The number of nitrogens with one attached hydrogen (secondary N) is 1. The molecule has 1 aromatic heterocycles. The van der Waals surface area contributed by atoms with Gasteiger partial charge in [0.1, 0.15) is 4.21 Å². The van der Waals surface area contributed by atoms with Crippen LogP contribution in [0.25, 0.3) is 0 Å². The van der Waals surface area contributed by atoms with Crippen LogP contribution in [0.4, 0.5) is 10.7 Å². The van der Waals surface area contributed by atoms with Gasteiger partial charge in [-0.25, -0.2) is 13.1 Å². The van der Waals surface area contributed by atoms with Gasteiger partial charge in [0.15, 0.2) is 5.00 Å². The molecule has 0 aliphatic rings. The number of hydrogen-bond acceptors (Lipinski definition) is 6. The zero-order chi connectivity index (χ0) is 14.8. The number of sulfonamides is 1. The molecule has 0 spiro atoms. The van der Waals surface area contributed by atoms with E-state index in [4.69, 9.17) is 5.73 Å². The fourth-order valence-corrected chi connectivity index (χ4v) is 4.39. The molecule has 0 aliphatic carbocycles. The molecule has 0 bridgehead atoms. The normalized spacial score (nSPS) is 12.6. The number of nitrogens with two attached hydrogens (primary N) is 1. The maximum absolute atomic E-state index is 12.1. The predicted molar refractivity (Wildman–Crippen MR) is 74.7 cm³/mol. The molecule has 0 atom stereocenters. The summed E-state index contributed by atoms with van der Waals surface area (Å²) in [7, 11) is -3.79. The molecule has 0 unspecified atom stereocenters. The number of nitro groups is 1. The maximum Gasteiger partial charge on any atom is 0.304 e. The molecular weight excluding hydrogens is 290 g/mol. The first-order valence-corrected chi connectivity index (χ1v) is 7.96. The lowest BCUT2D eigenvalue weighted by molar-refractivity contribution is -0.383. The fraction of sp³-hybridized carbons (Fsp3) is 0.600. The van der Waals surface area contributed by atoms with Crippen molar-refractivity contribution < 1.29 is 13.3 Å². The summed E-state index contributed by atoms with van der Waals surface area (Å²) in [4.78, 5) is 9.97. The molecule has 0 saturated heterocycles. The summed E-state index contributed by atoms with van der Waals surface area (Å²) in [6.45, 7) is 5.48. The minimum Gasteiger partial charge on any atom is -0.385 e. The van der Waals surface area contributed by atoms with E-state index in [1.807, 2.05) is 6.92 Å². The molecule has 0 aliphatic heterocycles. The van der Waals surface area contributed by atoms with E-state index in [-0.39, 0.29) is 14.9 Å². The summed E-state index contributed by atoms with van der Waals surface area (Å²) in [6, 6.07) is 0.990. The quantitative estimate of drug-likeness (QED) is 0.616. The van der Waals surface area contributed by atoms with Gasteiger partial charge in [-0.15, -0.1) is 0 Å². The molecule has 19 heavy (non-hydrogen) atoms. The van der Waals surface area contributed by atoms with Crippen molar-refractivity contribution >= 4 is 32.0 Å². The third kappa shape index (κ3) is 3.88.